The quantitative estimate of drug-likeness (QED) is 0.863. The molecule has 1 amide bonds. The van der Waals surface area contributed by atoms with Gasteiger partial charge in [-0.2, -0.15) is 4.98 Å². The zero-order valence-corrected chi connectivity index (χ0v) is 15.5. The van der Waals surface area contributed by atoms with E-state index in [1.54, 1.807) is 0 Å². The summed E-state index contributed by atoms with van der Waals surface area (Å²) >= 11 is 0. The molecule has 0 aliphatic carbocycles. The lowest BCUT2D eigenvalue weighted by Gasteiger charge is -2.18. The van der Waals surface area contributed by atoms with Crippen molar-refractivity contribution in [3.63, 3.8) is 0 Å². The van der Waals surface area contributed by atoms with Crippen LogP contribution in [0.25, 0.3) is 11.5 Å². The number of aromatic nitrogens is 2. The number of hydrogen-bond acceptors (Lipinski definition) is 5. The number of carbonyl (C=O) groups excluding carboxylic acids is 1. The molecule has 0 saturated carbocycles. The van der Waals surface area contributed by atoms with Gasteiger partial charge in [0.2, 0.25) is 5.91 Å². The Hall–Kier alpha value is -1.92. The minimum absolute atomic E-state index is 0. The van der Waals surface area contributed by atoms with E-state index in [-0.39, 0.29) is 24.4 Å². The highest BCUT2D eigenvalue weighted by Gasteiger charge is 2.23. The number of para-hydroxylation sites is 1. The van der Waals surface area contributed by atoms with Gasteiger partial charge in [-0.25, -0.2) is 0 Å². The molecule has 0 saturated heterocycles. The smallest absolute Gasteiger partial charge is 0.260 e. The van der Waals surface area contributed by atoms with Gasteiger partial charge in [0.15, 0.2) is 5.82 Å². The summed E-state index contributed by atoms with van der Waals surface area (Å²) in [5.74, 6) is 0.986. The minimum atomic E-state index is -0.477. The molecule has 2 aromatic rings. The third-order valence-electron chi connectivity index (χ3n) is 3.54. The summed E-state index contributed by atoms with van der Waals surface area (Å²) in [6.07, 6.45) is 0.677. The van der Waals surface area contributed by atoms with E-state index in [1.807, 2.05) is 59.0 Å². The molecule has 1 unspecified atom stereocenters. The Bertz CT molecular complexity index is 679. The highest BCUT2D eigenvalue weighted by atomic mass is 35.5. The van der Waals surface area contributed by atoms with E-state index in [1.165, 1.54) is 0 Å². The molecule has 132 valence electrons. The number of nitrogens with one attached hydrogen (secondary N) is 2. The molecule has 0 bridgehead atoms. The minimum Gasteiger partial charge on any atom is -0.334 e. The Morgan fingerprint density at radius 3 is 2.58 bits per heavy atom. The number of nitrogens with zero attached hydrogens (tertiary/aromatic N) is 2. The van der Waals surface area contributed by atoms with Crippen molar-refractivity contribution in [2.75, 3.05) is 12.4 Å². The van der Waals surface area contributed by atoms with Crippen LogP contribution in [0.5, 0.6) is 0 Å². The van der Waals surface area contributed by atoms with E-state index >= 15 is 0 Å². The average molecular weight is 353 g/mol. The van der Waals surface area contributed by atoms with Crippen molar-refractivity contribution in [3.05, 3.63) is 30.1 Å². The van der Waals surface area contributed by atoms with Gasteiger partial charge in [0.1, 0.15) is 0 Å². The van der Waals surface area contributed by atoms with Crippen LogP contribution >= 0.6 is 12.4 Å². The lowest BCUT2D eigenvalue weighted by atomic mass is 9.95. The predicted molar refractivity (Wildman–Crippen MR) is 97.3 cm³/mol. The van der Waals surface area contributed by atoms with Crippen molar-refractivity contribution in [1.29, 1.82) is 0 Å². The molecule has 1 aromatic heterocycles. The lowest BCUT2D eigenvalue weighted by Crippen LogP contribution is -2.27. The van der Waals surface area contributed by atoms with E-state index in [2.05, 4.69) is 20.8 Å². The van der Waals surface area contributed by atoms with Gasteiger partial charge in [0.05, 0.1) is 11.3 Å². The SMILES string of the molecule is CNC(C)Cc1noc(-c2ccccc2NC(=O)C(C)(C)C)n1.Cl. The monoisotopic (exact) mass is 352 g/mol. The first-order valence-corrected chi connectivity index (χ1v) is 7.72. The van der Waals surface area contributed by atoms with E-state index in [4.69, 9.17) is 4.52 Å². The van der Waals surface area contributed by atoms with Crippen molar-refractivity contribution in [3.8, 4) is 11.5 Å². The third-order valence-corrected chi connectivity index (χ3v) is 3.54. The van der Waals surface area contributed by atoms with Crippen LogP contribution in [0, 0.1) is 5.41 Å². The molecular weight excluding hydrogens is 328 g/mol. The molecule has 1 heterocycles. The maximum atomic E-state index is 12.2. The second-order valence-corrected chi connectivity index (χ2v) is 6.66. The number of amides is 1. The number of hydrogen-bond donors (Lipinski definition) is 2. The standard InChI is InChI=1S/C17H24N4O2.ClH/c1-11(18-5)10-14-20-15(23-21-14)12-8-6-7-9-13(12)19-16(22)17(2,3)4;/h6-9,11,18H,10H2,1-5H3,(H,19,22);1H. The number of carbonyl (C=O) groups is 1. The van der Waals surface area contributed by atoms with Gasteiger partial charge in [0, 0.05) is 17.9 Å². The summed E-state index contributed by atoms with van der Waals surface area (Å²) in [7, 11) is 1.89. The summed E-state index contributed by atoms with van der Waals surface area (Å²) in [6, 6.07) is 7.69. The third kappa shape index (κ3) is 5.04. The van der Waals surface area contributed by atoms with Crippen LogP contribution < -0.4 is 10.6 Å². The number of likely N-dealkylation sites (N-methyl/N-ethyl adjacent to an activating group) is 1. The lowest BCUT2D eigenvalue weighted by molar-refractivity contribution is -0.123. The summed E-state index contributed by atoms with van der Waals surface area (Å²) in [5, 5.41) is 10.1. The number of benzene rings is 1. The predicted octanol–water partition coefficient (Wildman–Crippen LogP) is 3.29. The second-order valence-electron chi connectivity index (χ2n) is 6.66. The van der Waals surface area contributed by atoms with Crippen molar-refractivity contribution >= 4 is 24.0 Å². The first kappa shape index (κ1) is 20.1. The van der Waals surface area contributed by atoms with Crippen LogP contribution in [0.2, 0.25) is 0 Å². The van der Waals surface area contributed by atoms with Gasteiger partial charge >= 0.3 is 0 Å². The Morgan fingerprint density at radius 1 is 1.29 bits per heavy atom. The highest BCUT2D eigenvalue weighted by molar-refractivity contribution is 5.97. The van der Waals surface area contributed by atoms with Crippen molar-refractivity contribution in [2.45, 2.75) is 40.2 Å². The summed E-state index contributed by atoms with van der Waals surface area (Å²) in [6.45, 7) is 7.66. The maximum Gasteiger partial charge on any atom is 0.260 e. The molecule has 7 heteroatoms. The zero-order valence-electron chi connectivity index (χ0n) is 14.7. The van der Waals surface area contributed by atoms with Crippen LogP contribution in [-0.4, -0.2) is 29.1 Å². The van der Waals surface area contributed by atoms with Gasteiger partial charge < -0.3 is 15.2 Å². The van der Waals surface area contributed by atoms with E-state index in [0.29, 0.717) is 23.8 Å². The van der Waals surface area contributed by atoms with Crippen LogP contribution in [0.3, 0.4) is 0 Å². The van der Waals surface area contributed by atoms with E-state index in [0.717, 1.165) is 5.56 Å². The molecule has 24 heavy (non-hydrogen) atoms. The Labute approximate surface area is 148 Å². The zero-order chi connectivity index (χ0) is 17.0. The largest absolute Gasteiger partial charge is 0.334 e. The van der Waals surface area contributed by atoms with Crippen LogP contribution in [0.1, 0.15) is 33.5 Å². The molecular formula is C17H25ClN4O2. The molecule has 0 radical (unpaired) electrons. The fourth-order valence-corrected chi connectivity index (χ4v) is 1.91. The molecule has 2 N–H and O–H groups in total. The molecule has 0 aliphatic rings. The Balaban J connectivity index is 0.00000288. The van der Waals surface area contributed by atoms with E-state index < -0.39 is 5.41 Å². The van der Waals surface area contributed by atoms with Gasteiger partial charge in [-0.15, -0.1) is 12.4 Å². The molecule has 6 nitrogen and oxygen atoms in total. The molecule has 1 aromatic carbocycles. The van der Waals surface area contributed by atoms with Crippen molar-refractivity contribution in [1.82, 2.24) is 15.5 Å². The molecule has 1 atom stereocenters. The molecule has 2 rings (SSSR count). The van der Waals surface area contributed by atoms with E-state index in [9.17, 15) is 4.79 Å². The van der Waals surface area contributed by atoms with Gasteiger partial charge in [0.25, 0.3) is 5.89 Å². The van der Waals surface area contributed by atoms with Crippen molar-refractivity contribution < 1.29 is 9.32 Å². The van der Waals surface area contributed by atoms with Crippen LogP contribution in [0.15, 0.2) is 28.8 Å². The van der Waals surface area contributed by atoms with Gasteiger partial charge in [-0.05, 0) is 26.1 Å². The first-order valence-electron chi connectivity index (χ1n) is 7.72. The molecule has 0 fully saturated rings. The van der Waals surface area contributed by atoms with Crippen LogP contribution in [-0.2, 0) is 11.2 Å². The number of rotatable bonds is 5. The normalized spacial score (nSPS) is 12.4. The maximum absolute atomic E-state index is 12.2. The highest BCUT2D eigenvalue weighted by Crippen LogP contribution is 2.28. The molecule has 0 aliphatic heterocycles. The average Bonchev–Trinajstić information content (AvgIpc) is 2.95. The topological polar surface area (TPSA) is 80.0 Å². The fraction of sp³-hybridized carbons (Fsp3) is 0.471. The molecule has 0 spiro atoms. The fourth-order valence-electron chi connectivity index (χ4n) is 1.91. The summed E-state index contributed by atoms with van der Waals surface area (Å²) in [5.41, 5.74) is 0.917. The van der Waals surface area contributed by atoms with Gasteiger partial charge in [-0.3, -0.25) is 4.79 Å². The Morgan fingerprint density at radius 2 is 1.96 bits per heavy atom. The first-order chi connectivity index (χ1) is 10.8. The van der Waals surface area contributed by atoms with Crippen LogP contribution in [0.4, 0.5) is 5.69 Å². The summed E-state index contributed by atoms with van der Waals surface area (Å²) < 4.78 is 5.36. The second kappa shape index (κ2) is 8.26. The number of halogens is 1. The number of anilines is 1. The summed E-state index contributed by atoms with van der Waals surface area (Å²) in [4.78, 5) is 16.7. The Kier molecular flexibility index (Phi) is 6.93. The van der Waals surface area contributed by atoms with Gasteiger partial charge in [-0.1, -0.05) is 38.1 Å². The van der Waals surface area contributed by atoms with Crippen molar-refractivity contribution in [2.24, 2.45) is 5.41 Å².